The molecule has 0 atom stereocenters. The molecule has 0 aliphatic heterocycles. The highest BCUT2D eigenvalue weighted by atomic mass is 31.2. The Hall–Kier alpha value is -4.42. The Morgan fingerprint density at radius 2 is 0.900 bits per heavy atom. The first-order valence-electron chi connectivity index (χ1n) is 12.2. The minimum Gasteiger partial charge on any atom is -0.469 e. The van der Waals surface area contributed by atoms with Gasteiger partial charge in [0.2, 0.25) is 0 Å². The normalized spacial score (nSPS) is 10.1. The maximum Gasteiger partial charge on any atom is 0.331 e. The number of benzene rings is 3. The molecule has 8 nitrogen and oxygen atoms in total. The summed E-state index contributed by atoms with van der Waals surface area (Å²) >= 11 is 0. The lowest BCUT2D eigenvalue weighted by Gasteiger charge is -2.28. The maximum absolute atomic E-state index is 12.3. The number of hydrogen-bond acceptors (Lipinski definition) is 8. The SMILES string of the molecule is COC(=O)C=C(CC(=O)OC)CC(=O)OC.COC(=O)C=P(c1ccccc1)(c1ccccc1)c1ccccc1. The molecule has 0 saturated heterocycles. The smallest absolute Gasteiger partial charge is 0.331 e. The molecule has 0 aliphatic rings. The van der Waals surface area contributed by atoms with E-state index in [4.69, 9.17) is 4.74 Å². The van der Waals surface area contributed by atoms with Crippen molar-refractivity contribution in [2.75, 3.05) is 28.4 Å². The van der Waals surface area contributed by atoms with E-state index in [2.05, 4.69) is 50.6 Å². The van der Waals surface area contributed by atoms with E-state index in [-0.39, 0.29) is 24.4 Å². The third kappa shape index (κ3) is 9.10. The third-order valence-corrected chi connectivity index (χ3v) is 9.65. The highest BCUT2D eigenvalue weighted by Crippen LogP contribution is 2.43. The molecule has 3 rings (SSSR count). The fourth-order valence-corrected chi connectivity index (χ4v) is 7.47. The van der Waals surface area contributed by atoms with Gasteiger partial charge in [0.25, 0.3) is 0 Å². The summed E-state index contributed by atoms with van der Waals surface area (Å²) in [6, 6.07) is 30.6. The van der Waals surface area contributed by atoms with Crippen LogP contribution in [0.5, 0.6) is 0 Å². The van der Waals surface area contributed by atoms with Gasteiger partial charge in [-0.3, -0.25) is 9.59 Å². The molecule has 0 amide bonds. The molecule has 0 saturated carbocycles. The lowest BCUT2D eigenvalue weighted by Crippen LogP contribution is -2.28. The van der Waals surface area contributed by atoms with E-state index >= 15 is 0 Å². The highest BCUT2D eigenvalue weighted by molar-refractivity contribution is 7.95. The zero-order valence-corrected chi connectivity index (χ0v) is 23.8. The summed E-state index contributed by atoms with van der Waals surface area (Å²) in [4.78, 5) is 45.2. The summed E-state index contributed by atoms with van der Waals surface area (Å²) in [6.45, 7) is -2.23. The lowest BCUT2D eigenvalue weighted by atomic mass is 10.1. The van der Waals surface area contributed by atoms with Crippen LogP contribution in [-0.4, -0.2) is 58.1 Å². The fraction of sp³-hybridized carbons (Fsp3) is 0.194. The molecule has 40 heavy (non-hydrogen) atoms. The van der Waals surface area contributed by atoms with Crippen molar-refractivity contribution in [1.82, 2.24) is 0 Å². The van der Waals surface area contributed by atoms with Crippen LogP contribution < -0.4 is 15.9 Å². The number of methoxy groups -OCH3 is 4. The largest absolute Gasteiger partial charge is 0.469 e. The van der Waals surface area contributed by atoms with Crippen LogP contribution >= 0.6 is 6.89 Å². The first kappa shape index (κ1) is 31.8. The van der Waals surface area contributed by atoms with Gasteiger partial charge in [-0.1, -0.05) is 91.0 Å². The van der Waals surface area contributed by atoms with E-state index in [9.17, 15) is 19.2 Å². The molecule has 0 N–H and O–H groups in total. The number of carbonyl (C=O) groups is 4. The average molecular weight is 565 g/mol. The number of hydrogen-bond donors (Lipinski definition) is 0. The van der Waals surface area contributed by atoms with Crippen molar-refractivity contribution >= 4 is 52.5 Å². The number of ether oxygens (including phenoxy) is 4. The zero-order chi connectivity index (χ0) is 29.4. The third-order valence-electron chi connectivity index (χ3n) is 5.71. The quantitative estimate of drug-likeness (QED) is 0.169. The van der Waals surface area contributed by atoms with E-state index in [0.29, 0.717) is 0 Å². The standard InChI is InChI=1S/C21H19O2P.C10H14O6/c1-23-21(22)17-24(18-11-5-2-6-12-18,19-13-7-3-8-14-19)20-15-9-4-10-16-20;1-14-8(11)4-7(5-9(12)15-2)6-10(13)16-3/h2-17H,1H3;4H,5-6H2,1-3H3. The first-order chi connectivity index (χ1) is 19.3. The van der Waals surface area contributed by atoms with Crippen molar-refractivity contribution in [3.63, 3.8) is 0 Å². The molecule has 0 aliphatic carbocycles. The molecule has 0 bridgehead atoms. The van der Waals surface area contributed by atoms with Gasteiger partial charge in [0.05, 0.1) is 41.3 Å². The molecule has 0 heterocycles. The summed E-state index contributed by atoms with van der Waals surface area (Å²) in [5, 5.41) is 3.40. The van der Waals surface area contributed by atoms with Crippen LogP contribution in [-0.2, 0) is 38.1 Å². The summed E-state index contributed by atoms with van der Waals surface area (Å²) in [7, 11) is 5.06. The van der Waals surface area contributed by atoms with Crippen LogP contribution in [0, 0.1) is 0 Å². The lowest BCUT2D eigenvalue weighted by molar-refractivity contribution is -0.140. The van der Waals surface area contributed by atoms with E-state index in [1.54, 1.807) is 5.80 Å². The van der Waals surface area contributed by atoms with Crippen LogP contribution in [0.1, 0.15) is 12.8 Å². The van der Waals surface area contributed by atoms with Gasteiger partial charge in [0.15, 0.2) is 0 Å². The summed E-state index contributed by atoms with van der Waals surface area (Å²) in [5.41, 5.74) is 0.283. The molecule has 0 fully saturated rings. The van der Waals surface area contributed by atoms with Crippen LogP contribution in [0.4, 0.5) is 0 Å². The second-order valence-electron chi connectivity index (χ2n) is 8.21. The van der Waals surface area contributed by atoms with E-state index in [1.165, 1.54) is 28.4 Å². The molecule has 0 aromatic heterocycles. The summed E-state index contributed by atoms with van der Waals surface area (Å²) in [6.07, 6.45) is 0.773. The van der Waals surface area contributed by atoms with Crippen molar-refractivity contribution in [3.05, 3.63) is 103 Å². The Balaban J connectivity index is 0.000000307. The van der Waals surface area contributed by atoms with E-state index in [1.807, 2.05) is 54.6 Å². The van der Waals surface area contributed by atoms with Gasteiger partial charge in [-0.15, -0.1) is 0 Å². The summed E-state index contributed by atoms with van der Waals surface area (Å²) in [5.74, 6) is -0.256. The molecular formula is C31H33O8P. The van der Waals surface area contributed by atoms with Gasteiger partial charge in [0, 0.05) is 11.9 Å². The molecule has 0 unspecified atom stereocenters. The molecule has 3 aromatic rings. The van der Waals surface area contributed by atoms with Crippen LogP contribution in [0.25, 0.3) is 0 Å². The van der Waals surface area contributed by atoms with Gasteiger partial charge in [-0.2, -0.15) is 0 Å². The van der Waals surface area contributed by atoms with E-state index < -0.39 is 24.8 Å². The maximum atomic E-state index is 12.3. The Morgan fingerprint density at radius 3 is 1.20 bits per heavy atom. The number of rotatable bonds is 9. The zero-order valence-electron chi connectivity index (χ0n) is 22.9. The molecular weight excluding hydrogens is 531 g/mol. The minimum atomic E-state index is -2.23. The van der Waals surface area contributed by atoms with E-state index in [0.717, 1.165) is 22.0 Å². The second-order valence-corrected chi connectivity index (χ2v) is 11.5. The highest BCUT2D eigenvalue weighted by Gasteiger charge is 2.26. The molecule has 0 radical (unpaired) electrons. The Bertz CT molecular complexity index is 1230. The van der Waals surface area contributed by atoms with Gasteiger partial charge < -0.3 is 18.9 Å². The first-order valence-corrected chi connectivity index (χ1v) is 14.1. The Kier molecular flexibility index (Phi) is 13.1. The second kappa shape index (κ2) is 16.5. The molecule has 210 valence electrons. The number of esters is 4. The Labute approximate surface area is 234 Å². The molecule has 9 heteroatoms. The fourth-order valence-electron chi connectivity index (χ4n) is 3.78. The predicted molar refractivity (Wildman–Crippen MR) is 157 cm³/mol. The van der Waals surface area contributed by atoms with Crippen molar-refractivity contribution in [1.29, 1.82) is 0 Å². The van der Waals surface area contributed by atoms with Gasteiger partial charge in [-0.05, 0) is 28.4 Å². The topological polar surface area (TPSA) is 105 Å². The van der Waals surface area contributed by atoms with Crippen molar-refractivity contribution in [2.24, 2.45) is 0 Å². The van der Waals surface area contributed by atoms with Crippen LogP contribution in [0.2, 0.25) is 0 Å². The summed E-state index contributed by atoms with van der Waals surface area (Å²) < 4.78 is 18.2. The average Bonchev–Trinajstić information content (AvgIpc) is 3.01. The predicted octanol–water partition coefficient (Wildman–Crippen LogP) is 3.17. The van der Waals surface area contributed by atoms with Gasteiger partial charge in [-0.25, -0.2) is 9.59 Å². The van der Waals surface area contributed by atoms with Crippen molar-refractivity contribution < 1.29 is 38.1 Å². The monoisotopic (exact) mass is 564 g/mol. The van der Waals surface area contributed by atoms with Crippen molar-refractivity contribution in [2.45, 2.75) is 12.8 Å². The molecule has 0 spiro atoms. The minimum absolute atomic E-state index is 0.152. The number of carbonyl (C=O) groups excluding carboxylic acids is 4. The molecule has 3 aromatic carbocycles. The van der Waals surface area contributed by atoms with Gasteiger partial charge >= 0.3 is 23.9 Å². The van der Waals surface area contributed by atoms with Crippen LogP contribution in [0.15, 0.2) is 103 Å². The van der Waals surface area contributed by atoms with Crippen LogP contribution in [0.3, 0.4) is 0 Å². The Morgan fingerprint density at radius 1 is 0.550 bits per heavy atom. The van der Waals surface area contributed by atoms with Gasteiger partial charge in [0.1, 0.15) is 0 Å². The van der Waals surface area contributed by atoms with Crippen molar-refractivity contribution in [3.8, 4) is 0 Å².